The van der Waals surface area contributed by atoms with Crippen molar-refractivity contribution in [3.63, 3.8) is 0 Å². The molecule has 0 unspecified atom stereocenters. The molecular weight excluding hydrogens is 236 g/mol. The van der Waals surface area contributed by atoms with E-state index in [1.165, 1.54) is 0 Å². The van der Waals surface area contributed by atoms with Gasteiger partial charge in [-0.05, 0) is 0 Å². The minimum atomic E-state index is -3.80. The smallest absolute Gasteiger partial charge is 0.395 e. The van der Waals surface area contributed by atoms with Gasteiger partial charge in [-0.15, -0.1) is 8.78 Å². The summed E-state index contributed by atoms with van der Waals surface area (Å²) >= 11 is 5.47. The van der Waals surface area contributed by atoms with E-state index in [9.17, 15) is 18.9 Å². The first-order chi connectivity index (χ1) is 6.89. The van der Waals surface area contributed by atoms with Crippen LogP contribution in [-0.4, -0.2) is 11.2 Å². The van der Waals surface area contributed by atoms with Crippen molar-refractivity contribution >= 4 is 17.3 Å². The fourth-order valence-electron chi connectivity index (χ4n) is 1.10. The SMILES string of the molecule is O=[N+]([O-])c1cc2c(cc1Cl)OC(F)(F)O2. The van der Waals surface area contributed by atoms with Crippen LogP contribution in [-0.2, 0) is 0 Å². The van der Waals surface area contributed by atoms with Crippen molar-refractivity contribution in [2.24, 2.45) is 0 Å². The highest BCUT2D eigenvalue weighted by molar-refractivity contribution is 6.32. The Morgan fingerprint density at radius 1 is 1.33 bits per heavy atom. The van der Waals surface area contributed by atoms with Crippen LogP contribution in [0.5, 0.6) is 11.5 Å². The minimum Gasteiger partial charge on any atom is -0.395 e. The molecule has 0 radical (unpaired) electrons. The molecule has 0 aliphatic carbocycles. The summed E-state index contributed by atoms with van der Waals surface area (Å²) in [6.07, 6.45) is -3.80. The van der Waals surface area contributed by atoms with Crippen molar-refractivity contribution in [2.75, 3.05) is 0 Å². The Morgan fingerprint density at radius 2 is 1.87 bits per heavy atom. The van der Waals surface area contributed by atoms with E-state index in [0.717, 1.165) is 12.1 Å². The molecule has 1 aromatic carbocycles. The summed E-state index contributed by atoms with van der Waals surface area (Å²) in [4.78, 5) is 9.62. The maximum Gasteiger partial charge on any atom is 0.586 e. The van der Waals surface area contributed by atoms with E-state index in [-0.39, 0.29) is 10.8 Å². The van der Waals surface area contributed by atoms with Crippen molar-refractivity contribution in [1.82, 2.24) is 0 Å². The summed E-state index contributed by atoms with van der Waals surface area (Å²) < 4.78 is 33.2. The average Bonchev–Trinajstić information content (AvgIpc) is 2.36. The van der Waals surface area contributed by atoms with Crippen LogP contribution in [0.25, 0.3) is 0 Å². The Balaban J connectivity index is 2.50. The highest BCUT2D eigenvalue weighted by atomic mass is 35.5. The van der Waals surface area contributed by atoms with Gasteiger partial charge in [-0.3, -0.25) is 10.1 Å². The molecule has 0 spiro atoms. The number of nitrogens with zero attached hydrogens (tertiary/aromatic N) is 1. The van der Waals surface area contributed by atoms with Crippen molar-refractivity contribution < 1.29 is 23.2 Å². The molecule has 80 valence electrons. The van der Waals surface area contributed by atoms with E-state index >= 15 is 0 Å². The number of benzene rings is 1. The summed E-state index contributed by atoms with van der Waals surface area (Å²) in [7, 11) is 0. The molecule has 5 nitrogen and oxygen atoms in total. The predicted molar refractivity (Wildman–Crippen MR) is 44.3 cm³/mol. The molecule has 15 heavy (non-hydrogen) atoms. The fourth-order valence-corrected chi connectivity index (χ4v) is 1.32. The third-order valence-corrected chi connectivity index (χ3v) is 1.97. The average molecular weight is 238 g/mol. The van der Waals surface area contributed by atoms with Gasteiger partial charge in [0, 0.05) is 6.07 Å². The number of nitro benzene ring substituents is 1. The maximum absolute atomic E-state index is 12.5. The van der Waals surface area contributed by atoms with Gasteiger partial charge in [-0.1, -0.05) is 11.6 Å². The highest BCUT2D eigenvalue weighted by Crippen LogP contribution is 2.45. The number of ether oxygens (including phenoxy) is 2. The van der Waals surface area contributed by atoms with Crippen molar-refractivity contribution in [2.45, 2.75) is 6.29 Å². The Bertz CT molecular complexity index is 451. The molecule has 1 aliphatic heterocycles. The molecular formula is C7H2ClF2NO4. The summed E-state index contributed by atoms with van der Waals surface area (Å²) in [5, 5.41) is 10.1. The Labute approximate surface area is 86.3 Å². The second kappa shape index (κ2) is 2.93. The predicted octanol–water partition coefficient (Wildman–Crippen LogP) is 2.57. The van der Waals surface area contributed by atoms with Gasteiger partial charge in [0.2, 0.25) is 0 Å². The van der Waals surface area contributed by atoms with E-state index in [1.54, 1.807) is 0 Å². The molecule has 0 amide bonds. The lowest BCUT2D eigenvalue weighted by Gasteiger charge is -2.04. The Hall–Kier alpha value is -1.63. The monoisotopic (exact) mass is 237 g/mol. The van der Waals surface area contributed by atoms with Crippen LogP contribution < -0.4 is 9.47 Å². The number of nitro groups is 1. The number of rotatable bonds is 1. The molecule has 2 rings (SSSR count). The summed E-state index contributed by atoms with van der Waals surface area (Å²) in [6, 6.07) is 1.70. The van der Waals surface area contributed by atoms with E-state index in [4.69, 9.17) is 11.6 Å². The van der Waals surface area contributed by atoms with Gasteiger partial charge in [0.1, 0.15) is 5.02 Å². The molecule has 0 saturated carbocycles. The largest absolute Gasteiger partial charge is 0.586 e. The molecule has 1 aromatic rings. The van der Waals surface area contributed by atoms with Crippen LogP contribution in [0.2, 0.25) is 5.02 Å². The van der Waals surface area contributed by atoms with Gasteiger partial charge >= 0.3 is 6.29 Å². The number of alkyl halides is 2. The molecule has 0 saturated heterocycles. The lowest BCUT2D eigenvalue weighted by atomic mass is 10.3. The molecule has 0 N–H and O–H groups in total. The van der Waals surface area contributed by atoms with Crippen molar-refractivity contribution in [3.8, 4) is 11.5 Å². The molecule has 0 bridgehead atoms. The lowest BCUT2D eigenvalue weighted by Crippen LogP contribution is -2.25. The van der Waals surface area contributed by atoms with Gasteiger partial charge in [0.15, 0.2) is 11.5 Å². The summed E-state index contributed by atoms with van der Waals surface area (Å²) in [6.45, 7) is 0. The quantitative estimate of drug-likeness (QED) is 0.556. The number of fused-ring (bicyclic) bond motifs is 1. The second-order valence-electron chi connectivity index (χ2n) is 2.67. The van der Waals surface area contributed by atoms with Crippen LogP contribution in [0.3, 0.4) is 0 Å². The topological polar surface area (TPSA) is 61.6 Å². The zero-order chi connectivity index (χ0) is 11.2. The zero-order valence-corrected chi connectivity index (χ0v) is 7.62. The van der Waals surface area contributed by atoms with Crippen LogP contribution in [0, 0.1) is 10.1 Å². The molecule has 0 aromatic heterocycles. The van der Waals surface area contributed by atoms with Crippen LogP contribution in [0.4, 0.5) is 14.5 Å². The highest BCUT2D eigenvalue weighted by Gasteiger charge is 2.44. The van der Waals surface area contributed by atoms with Crippen molar-refractivity contribution in [1.29, 1.82) is 0 Å². The first kappa shape index (κ1) is 9.91. The third-order valence-electron chi connectivity index (χ3n) is 1.67. The Kier molecular flexibility index (Phi) is 1.93. The van der Waals surface area contributed by atoms with Crippen LogP contribution in [0.15, 0.2) is 12.1 Å². The van der Waals surface area contributed by atoms with E-state index in [1.807, 2.05) is 0 Å². The van der Waals surface area contributed by atoms with Crippen LogP contribution in [0.1, 0.15) is 0 Å². The fraction of sp³-hybridized carbons (Fsp3) is 0.143. The third kappa shape index (κ3) is 1.65. The molecule has 8 heteroatoms. The van der Waals surface area contributed by atoms with Gasteiger partial charge in [0.25, 0.3) is 5.69 Å². The van der Waals surface area contributed by atoms with E-state index in [2.05, 4.69) is 9.47 Å². The summed E-state index contributed by atoms with van der Waals surface area (Å²) in [5.41, 5.74) is -0.517. The minimum absolute atomic E-state index is 0.292. The van der Waals surface area contributed by atoms with E-state index in [0.29, 0.717) is 0 Å². The van der Waals surface area contributed by atoms with Gasteiger partial charge < -0.3 is 9.47 Å². The zero-order valence-electron chi connectivity index (χ0n) is 6.87. The number of hydrogen-bond donors (Lipinski definition) is 0. The molecule has 1 aliphatic rings. The molecule has 0 atom stereocenters. The Morgan fingerprint density at radius 3 is 2.40 bits per heavy atom. The number of halogens is 3. The lowest BCUT2D eigenvalue weighted by molar-refractivity contribution is -0.384. The second-order valence-corrected chi connectivity index (χ2v) is 3.08. The van der Waals surface area contributed by atoms with Gasteiger partial charge in [0.05, 0.1) is 11.0 Å². The standard InChI is InChI=1S/C7H2ClF2NO4/c8-3-1-5-6(2-4(3)11(12)13)15-7(9,10)14-5/h1-2H. The first-order valence-electron chi connectivity index (χ1n) is 3.63. The normalized spacial score (nSPS) is 16.5. The van der Waals surface area contributed by atoms with Gasteiger partial charge in [-0.25, -0.2) is 0 Å². The van der Waals surface area contributed by atoms with E-state index < -0.39 is 22.7 Å². The van der Waals surface area contributed by atoms with Crippen molar-refractivity contribution in [3.05, 3.63) is 27.3 Å². The molecule has 1 heterocycles. The van der Waals surface area contributed by atoms with Gasteiger partial charge in [-0.2, -0.15) is 0 Å². The maximum atomic E-state index is 12.5. The summed E-state index contributed by atoms with van der Waals surface area (Å²) in [5.74, 6) is -0.730. The first-order valence-corrected chi connectivity index (χ1v) is 4.00. The number of hydrogen-bond acceptors (Lipinski definition) is 4. The molecule has 0 fully saturated rings. The van der Waals surface area contributed by atoms with Crippen LogP contribution >= 0.6 is 11.6 Å².